The molecule has 3 rings (SSSR count). The first-order valence-electron chi connectivity index (χ1n) is 8.95. The molecule has 0 aliphatic carbocycles. The Morgan fingerprint density at radius 2 is 1.89 bits per heavy atom. The maximum atomic E-state index is 12.5. The Labute approximate surface area is 158 Å². The van der Waals surface area contributed by atoms with Gasteiger partial charge in [-0.25, -0.2) is 8.42 Å². The molecule has 2 heterocycles. The van der Waals surface area contributed by atoms with E-state index in [1.807, 2.05) is 30.3 Å². The van der Waals surface area contributed by atoms with Crippen LogP contribution in [0, 0.1) is 0 Å². The fourth-order valence-electron chi connectivity index (χ4n) is 3.46. The minimum absolute atomic E-state index is 0.0608. The number of hydrogen-bond donors (Lipinski definition) is 2. The molecule has 8 nitrogen and oxygen atoms in total. The molecule has 2 N–H and O–H groups in total. The van der Waals surface area contributed by atoms with Crippen LogP contribution in [-0.4, -0.2) is 61.2 Å². The summed E-state index contributed by atoms with van der Waals surface area (Å²) in [6.07, 6.45) is 1.11. The molecule has 1 aromatic rings. The Hall–Kier alpha value is -2.42. The summed E-state index contributed by atoms with van der Waals surface area (Å²) >= 11 is 0. The largest absolute Gasteiger partial charge is 0.351 e. The zero-order valence-electron chi connectivity index (χ0n) is 14.9. The van der Waals surface area contributed by atoms with Crippen LogP contribution in [0.2, 0.25) is 0 Å². The molecule has 9 heteroatoms. The van der Waals surface area contributed by atoms with Crippen molar-refractivity contribution in [3.63, 3.8) is 0 Å². The summed E-state index contributed by atoms with van der Waals surface area (Å²) < 4.78 is 22.8. The molecule has 0 bridgehead atoms. The molecule has 146 valence electrons. The molecule has 2 aliphatic rings. The number of nitrogens with one attached hydrogen (secondary N) is 2. The number of likely N-dealkylation sites (tertiary alicyclic amines) is 1. The topological polar surface area (TPSA) is 113 Å². The number of sulfone groups is 1. The molecule has 0 saturated carbocycles. The van der Waals surface area contributed by atoms with Gasteiger partial charge in [0.2, 0.25) is 17.7 Å². The van der Waals surface area contributed by atoms with Crippen LogP contribution in [0.1, 0.15) is 24.8 Å². The zero-order valence-corrected chi connectivity index (χ0v) is 15.7. The van der Waals surface area contributed by atoms with E-state index >= 15 is 0 Å². The Kier molecular flexibility index (Phi) is 5.79. The van der Waals surface area contributed by atoms with Crippen LogP contribution in [0.4, 0.5) is 0 Å². The first kappa shape index (κ1) is 19.3. The molecule has 0 aromatic heterocycles. The summed E-state index contributed by atoms with van der Waals surface area (Å²) in [5.41, 5.74) is 0.936. The highest BCUT2D eigenvalue weighted by molar-refractivity contribution is 7.91. The average Bonchev–Trinajstić information content (AvgIpc) is 3.16. The van der Waals surface area contributed by atoms with Crippen LogP contribution in [0.25, 0.3) is 0 Å². The second-order valence-corrected chi connectivity index (χ2v) is 9.18. The molecule has 27 heavy (non-hydrogen) atoms. The van der Waals surface area contributed by atoms with Crippen molar-refractivity contribution in [1.29, 1.82) is 0 Å². The first-order chi connectivity index (χ1) is 12.8. The lowest BCUT2D eigenvalue weighted by molar-refractivity contribution is -0.136. The predicted molar refractivity (Wildman–Crippen MR) is 98.2 cm³/mol. The summed E-state index contributed by atoms with van der Waals surface area (Å²) in [4.78, 5) is 38.1. The van der Waals surface area contributed by atoms with Gasteiger partial charge in [-0.1, -0.05) is 30.3 Å². The summed E-state index contributed by atoms with van der Waals surface area (Å²) in [6, 6.07) is 8.41. The summed E-state index contributed by atoms with van der Waals surface area (Å²) in [6.45, 7) is 0.114. The van der Waals surface area contributed by atoms with Gasteiger partial charge in [0.05, 0.1) is 18.1 Å². The highest BCUT2D eigenvalue weighted by Crippen LogP contribution is 2.21. The van der Waals surface area contributed by atoms with Crippen molar-refractivity contribution < 1.29 is 22.8 Å². The maximum absolute atomic E-state index is 12.5. The van der Waals surface area contributed by atoms with Gasteiger partial charge >= 0.3 is 0 Å². The van der Waals surface area contributed by atoms with Crippen LogP contribution in [-0.2, 0) is 30.8 Å². The molecule has 0 spiro atoms. The molecule has 2 fully saturated rings. The van der Waals surface area contributed by atoms with Crippen molar-refractivity contribution in [2.75, 3.05) is 18.1 Å². The third kappa shape index (κ3) is 5.06. The van der Waals surface area contributed by atoms with Gasteiger partial charge in [-0.15, -0.1) is 0 Å². The molecule has 2 atom stereocenters. The van der Waals surface area contributed by atoms with Crippen LogP contribution in [0.5, 0.6) is 0 Å². The van der Waals surface area contributed by atoms with Crippen LogP contribution < -0.4 is 10.6 Å². The molecular weight excluding hydrogens is 370 g/mol. The third-order valence-corrected chi connectivity index (χ3v) is 6.62. The minimum Gasteiger partial charge on any atom is -0.351 e. The van der Waals surface area contributed by atoms with E-state index in [1.54, 1.807) is 0 Å². The van der Waals surface area contributed by atoms with Gasteiger partial charge < -0.3 is 15.5 Å². The fraction of sp³-hybridized carbons (Fsp3) is 0.500. The van der Waals surface area contributed by atoms with Crippen LogP contribution >= 0.6 is 0 Å². The van der Waals surface area contributed by atoms with Crippen molar-refractivity contribution in [1.82, 2.24) is 15.5 Å². The van der Waals surface area contributed by atoms with Crippen molar-refractivity contribution in [2.45, 2.75) is 37.9 Å². The van der Waals surface area contributed by atoms with E-state index in [1.165, 1.54) is 4.90 Å². The average molecular weight is 393 g/mol. The minimum atomic E-state index is -3.07. The first-order valence-corrected chi connectivity index (χ1v) is 10.8. The standard InChI is InChI=1S/C18H23N3O5S/c22-16(20-14-8-9-27(25,26)12-14)10-19-18(24)15-6-7-17(23)21(15)11-13-4-2-1-3-5-13/h1-5,14-15H,6-12H2,(H,19,24)(H,20,22). The smallest absolute Gasteiger partial charge is 0.243 e. The molecular formula is C18H23N3O5S. The number of benzene rings is 1. The molecule has 2 unspecified atom stereocenters. The quantitative estimate of drug-likeness (QED) is 0.683. The van der Waals surface area contributed by atoms with Crippen molar-refractivity contribution in [3.8, 4) is 0 Å². The number of rotatable bonds is 6. The highest BCUT2D eigenvalue weighted by atomic mass is 32.2. The molecule has 2 saturated heterocycles. The van der Waals surface area contributed by atoms with Gasteiger partial charge in [-0.2, -0.15) is 0 Å². The molecule has 3 amide bonds. The molecule has 0 radical (unpaired) electrons. The van der Waals surface area contributed by atoms with E-state index in [0.717, 1.165) is 5.56 Å². The van der Waals surface area contributed by atoms with Crippen LogP contribution in [0.3, 0.4) is 0 Å². The lowest BCUT2D eigenvalue weighted by Gasteiger charge is -2.24. The number of nitrogens with zero attached hydrogens (tertiary/aromatic N) is 1. The van der Waals surface area contributed by atoms with E-state index in [2.05, 4.69) is 10.6 Å². The number of carbonyl (C=O) groups is 3. The second kappa shape index (κ2) is 8.08. The third-order valence-electron chi connectivity index (χ3n) is 4.85. The summed E-state index contributed by atoms with van der Waals surface area (Å²) in [7, 11) is -3.07. The van der Waals surface area contributed by atoms with Gasteiger partial charge in [0, 0.05) is 19.0 Å². The normalized spacial score (nSPS) is 24.0. The SMILES string of the molecule is O=C(CNC(=O)C1CCC(=O)N1Cc1ccccc1)NC1CCS(=O)(=O)C1. The van der Waals surface area contributed by atoms with E-state index < -0.39 is 27.8 Å². The second-order valence-electron chi connectivity index (χ2n) is 6.95. The van der Waals surface area contributed by atoms with E-state index in [4.69, 9.17) is 0 Å². The fourth-order valence-corrected chi connectivity index (χ4v) is 5.13. The monoisotopic (exact) mass is 393 g/mol. The summed E-state index contributed by atoms with van der Waals surface area (Å²) in [5.74, 6) is -0.868. The van der Waals surface area contributed by atoms with Gasteiger partial charge in [-0.3, -0.25) is 14.4 Å². The van der Waals surface area contributed by atoms with Gasteiger partial charge in [-0.05, 0) is 18.4 Å². The Bertz CT molecular complexity index is 825. The Morgan fingerprint density at radius 3 is 2.56 bits per heavy atom. The number of carbonyl (C=O) groups excluding carboxylic acids is 3. The van der Waals surface area contributed by atoms with Gasteiger partial charge in [0.25, 0.3) is 0 Å². The Morgan fingerprint density at radius 1 is 1.15 bits per heavy atom. The highest BCUT2D eigenvalue weighted by Gasteiger charge is 2.36. The molecule has 1 aromatic carbocycles. The number of hydrogen-bond acceptors (Lipinski definition) is 5. The summed E-state index contributed by atoms with van der Waals surface area (Å²) in [5, 5.41) is 5.19. The van der Waals surface area contributed by atoms with Crippen molar-refractivity contribution in [3.05, 3.63) is 35.9 Å². The van der Waals surface area contributed by atoms with E-state index in [-0.39, 0.29) is 29.9 Å². The van der Waals surface area contributed by atoms with Crippen molar-refractivity contribution in [2.24, 2.45) is 0 Å². The lowest BCUT2D eigenvalue weighted by Crippen LogP contribution is -2.48. The predicted octanol–water partition coefficient (Wildman–Crippen LogP) is -0.403. The van der Waals surface area contributed by atoms with Crippen LogP contribution in [0.15, 0.2) is 30.3 Å². The van der Waals surface area contributed by atoms with Gasteiger partial charge in [0.15, 0.2) is 9.84 Å². The van der Waals surface area contributed by atoms with E-state index in [0.29, 0.717) is 25.8 Å². The zero-order chi connectivity index (χ0) is 19.4. The van der Waals surface area contributed by atoms with Crippen molar-refractivity contribution >= 4 is 27.6 Å². The lowest BCUT2D eigenvalue weighted by atomic mass is 10.1. The maximum Gasteiger partial charge on any atom is 0.243 e. The van der Waals surface area contributed by atoms with E-state index in [9.17, 15) is 22.8 Å². The number of amides is 3. The molecule has 2 aliphatic heterocycles. The Balaban J connectivity index is 1.50. The van der Waals surface area contributed by atoms with Gasteiger partial charge in [0.1, 0.15) is 6.04 Å².